The fourth-order valence-electron chi connectivity index (χ4n) is 2.98. The topological polar surface area (TPSA) is 76.2 Å². The summed E-state index contributed by atoms with van der Waals surface area (Å²) in [7, 11) is 0. The first-order chi connectivity index (χ1) is 11.8. The quantitative estimate of drug-likeness (QED) is 0.614. The largest absolute Gasteiger partial charge is 0.457 e. The van der Waals surface area contributed by atoms with Crippen molar-refractivity contribution in [2.45, 2.75) is 40.0 Å². The van der Waals surface area contributed by atoms with Crippen molar-refractivity contribution in [3.05, 3.63) is 58.4 Å². The molecule has 5 nitrogen and oxygen atoms in total. The van der Waals surface area contributed by atoms with E-state index in [1.807, 2.05) is 37.3 Å². The van der Waals surface area contributed by atoms with Gasteiger partial charge < -0.3 is 9.72 Å². The number of esters is 1. The number of aromatic amines is 1. The number of hydrogen-bond donors (Lipinski definition) is 1. The van der Waals surface area contributed by atoms with Crippen LogP contribution < -0.4 is 0 Å². The zero-order valence-corrected chi connectivity index (χ0v) is 15.0. The van der Waals surface area contributed by atoms with Gasteiger partial charge in [0, 0.05) is 11.3 Å². The molecule has 0 saturated heterocycles. The van der Waals surface area contributed by atoms with E-state index >= 15 is 0 Å². The van der Waals surface area contributed by atoms with Gasteiger partial charge >= 0.3 is 5.97 Å². The number of ketones is 2. The summed E-state index contributed by atoms with van der Waals surface area (Å²) in [4.78, 5) is 38.8. The minimum Gasteiger partial charge on any atom is -0.457 e. The average Bonchev–Trinajstić information content (AvgIpc) is 2.88. The van der Waals surface area contributed by atoms with E-state index in [1.54, 1.807) is 13.8 Å². The van der Waals surface area contributed by atoms with Crippen LogP contribution in [0.2, 0.25) is 0 Å². The second-order valence-electron chi connectivity index (χ2n) is 6.28. The third-order valence-electron chi connectivity index (χ3n) is 4.27. The molecule has 2 aromatic rings. The van der Waals surface area contributed by atoms with Crippen LogP contribution in [-0.4, -0.2) is 29.1 Å². The van der Waals surface area contributed by atoms with Gasteiger partial charge in [-0.05, 0) is 37.8 Å². The summed E-state index contributed by atoms with van der Waals surface area (Å²) in [6, 6.07) is 9.67. The van der Waals surface area contributed by atoms with E-state index in [2.05, 4.69) is 4.98 Å². The number of carbonyl (C=O) groups is 3. The first-order valence-electron chi connectivity index (χ1n) is 8.25. The number of rotatable bonds is 7. The van der Waals surface area contributed by atoms with Crippen LogP contribution in [0.5, 0.6) is 0 Å². The molecule has 0 aliphatic rings. The Bertz CT molecular complexity index is 790. The minimum atomic E-state index is -0.419. The Balaban J connectivity index is 1.95. The molecule has 0 saturated carbocycles. The van der Waals surface area contributed by atoms with Gasteiger partial charge in [-0.2, -0.15) is 0 Å². The summed E-state index contributed by atoms with van der Waals surface area (Å²) in [5.41, 5.74) is 3.15. The van der Waals surface area contributed by atoms with E-state index in [0.29, 0.717) is 22.5 Å². The van der Waals surface area contributed by atoms with Crippen molar-refractivity contribution >= 4 is 17.5 Å². The number of ether oxygens (including phenoxy) is 1. The van der Waals surface area contributed by atoms with Crippen LogP contribution in [0.25, 0.3) is 0 Å². The molecule has 1 N–H and O–H groups in total. The molecule has 1 atom stereocenters. The second-order valence-corrected chi connectivity index (χ2v) is 6.28. The predicted octanol–water partition coefficient (Wildman–Crippen LogP) is 3.75. The number of nitrogens with one attached hydrogen (secondary N) is 1. The van der Waals surface area contributed by atoms with E-state index in [1.165, 1.54) is 6.92 Å². The first-order valence-corrected chi connectivity index (χ1v) is 8.25. The summed E-state index contributed by atoms with van der Waals surface area (Å²) >= 11 is 0. The van der Waals surface area contributed by atoms with Crippen LogP contribution in [-0.2, 0) is 9.53 Å². The third kappa shape index (κ3) is 4.44. The molecule has 1 heterocycles. The molecule has 0 bridgehead atoms. The Hall–Kier alpha value is -2.69. The van der Waals surface area contributed by atoms with Crippen molar-refractivity contribution in [3.63, 3.8) is 0 Å². The van der Waals surface area contributed by atoms with Crippen molar-refractivity contribution < 1.29 is 19.1 Å². The fourth-order valence-corrected chi connectivity index (χ4v) is 2.98. The third-order valence-corrected chi connectivity index (χ3v) is 4.27. The maximum atomic E-state index is 12.3. The predicted molar refractivity (Wildman–Crippen MR) is 95.0 cm³/mol. The van der Waals surface area contributed by atoms with E-state index in [-0.39, 0.29) is 30.5 Å². The van der Waals surface area contributed by atoms with Gasteiger partial charge in [-0.25, -0.2) is 0 Å². The summed E-state index contributed by atoms with van der Waals surface area (Å²) in [6.07, 6.45) is 0.207. The van der Waals surface area contributed by atoms with Crippen LogP contribution in [0.4, 0.5) is 0 Å². The molecule has 5 heteroatoms. The maximum absolute atomic E-state index is 12.3. The van der Waals surface area contributed by atoms with Crippen LogP contribution in [0, 0.1) is 13.8 Å². The molecule has 0 unspecified atom stereocenters. The summed E-state index contributed by atoms with van der Waals surface area (Å²) in [5, 5.41) is 0. The molecule has 0 spiro atoms. The van der Waals surface area contributed by atoms with Crippen LogP contribution in [0.15, 0.2) is 30.3 Å². The Morgan fingerprint density at radius 2 is 1.76 bits per heavy atom. The highest BCUT2D eigenvalue weighted by Crippen LogP contribution is 2.20. The van der Waals surface area contributed by atoms with Gasteiger partial charge in [-0.15, -0.1) is 0 Å². The highest BCUT2D eigenvalue weighted by atomic mass is 16.5. The molecule has 25 heavy (non-hydrogen) atoms. The Morgan fingerprint density at radius 1 is 1.12 bits per heavy atom. The number of aryl methyl sites for hydroxylation is 1. The standard InChI is InChI=1S/C20H23NO4/c1-12(16-8-6-5-7-9-16)10-18(24)25-11-17(23)20-13(2)19(15(4)22)14(3)21-20/h5-9,12,21H,10-11H2,1-4H3/t12-/m0/s1. The molecule has 2 rings (SSSR count). The number of hydrogen-bond acceptors (Lipinski definition) is 4. The van der Waals surface area contributed by atoms with Crippen molar-refractivity contribution in [1.29, 1.82) is 0 Å². The zero-order valence-electron chi connectivity index (χ0n) is 15.0. The molecule has 0 aliphatic heterocycles. The number of carbonyl (C=O) groups excluding carboxylic acids is 3. The Morgan fingerprint density at radius 3 is 2.32 bits per heavy atom. The van der Waals surface area contributed by atoms with Crippen LogP contribution in [0.3, 0.4) is 0 Å². The van der Waals surface area contributed by atoms with Crippen molar-refractivity contribution in [3.8, 4) is 0 Å². The number of Topliss-reactive ketones (excluding diaryl/α,β-unsaturated/α-hetero) is 2. The molecular formula is C20H23NO4. The molecule has 0 fully saturated rings. The van der Waals surface area contributed by atoms with E-state index in [9.17, 15) is 14.4 Å². The van der Waals surface area contributed by atoms with E-state index in [4.69, 9.17) is 4.74 Å². The normalized spacial score (nSPS) is 11.8. The molecule has 0 radical (unpaired) electrons. The van der Waals surface area contributed by atoms with Crippen LogP contribution >= 0.6 is 0 Å². The number of benzene rings is 1. The fraction of sp³-hybridized carbons (Fsp3) is 0.350. The van der Waals surface area contributed by atoms with E-state index in [0.717, 1.165) is 5.56 Å². The van der Waals surface area contributed by atoms with Crippen molar-refractivity contribution in [2.24, 2.45) is 0 Å². The maximum Gasteiger partial charge on any atom is 0.306 e. The molecular weight excluding hydrogens is 318 g/mol. The van der Waals surface area contributed by atoms with Gasteiger partial charge in [0.25, 0.3) is 0 Å². The first kappa shape index (κ1) is 18.6. The Kier molecular flexibility index (Phi) is 5.91. The van der Waals surface area contributed by atoms with Gasteiger partial charge in [0.15, 0.2) is 12.4 Å². The lowest BCUT2D eigenvalue weighted by Crippen LogP contribution is -2.16. The van der Waals surface area contributed by atoms with Crippen molar-refractivity contribution in [1.82, 2.24) is 4.98 Å². The van der Waals surface area contributed by atoms with Gasteiger partial charge in [0.05, 0.1) is 12.1 Å². The summed E-state index contributed by atoms with van der Waals surface area (Å²) in [6.45, 7) is 6.53. The highest BCUT2D eigenvalue weighted by Gasteiger charge is 2.21. The summed E-state index contributed by atoms with van der Waals surface area (Å²) in [5.74, 6) is -0.840. The lowest BCUT2D eigenvalue weighted by Gasteiger charge is -2.11. The molecule has 132 valence electrons. The molecule has 0 aliphatic carbocycles. The van der Waals surface area contributed by atoms with Gasteiger partial charge in [-0.1, -0.05) is 37.3 Å². The Labute approximate surface area is 147 Å². The zero-order chi connectivity index (χ0) is 18.6. The average molecular weight is 341 g/mol. The van der Waals surface area contributed by atoms with Gasteiger partial charge in [0.2, 0.25) is 5.78 Å². The van der Waals surface area contributed by atoms with Crippen LogP contribution in [0.1, 0.15) is 63.9 Å². The lowest BCUT2D eigenvalue weighted by molar-refractivity contribution is -0.142. The monoisotopic (exact) mass is 341 g/mol. The number of H-pyrrole nitrogens is 1. The second kappa shape index (κ2) is 7.92. The summed E-state index contributed by atoms with van der Waals surface area (Å²) < 4.78 is 5.12. The minimum absolute atomic E-state index is 0.0163. The smallest absolute Gasteiger partial charge is 0.306 e. The SMILES string of the molecule is CC(=O)c1c(C)[nH]c(C(=O)COC(=O)C[C@H](C)c2ccccc2)c1C. The van der Waals surface area contributed by atoms with E-state index < -0.39 is 5.97 Å². The van der Waals surface area contributed by atoms with Gasteiger partial charge in [0.1, 0.15) is 0 Å². The lowest BCUT2D eigenvalue weighted by atomic mass is 9.98. The van der Waals surface area contributed by atoms with Gasteiger partial charge in [-0.3, -0.25) is 14.4 Å². The molecule has 1 aromatic heterocycles. The number of aromatic nitrogens is 1. The highest BCUT2D eigenvalue weighted by molar-refractivity contribution is 6.04. The molecule has 0 amide bonds. The molecule has 1 aromatic carbocycles. The van der Waals surface area contributed by atoms with Crippen molar-refractivity contribution in [2.75, 3.05) is 6.61 Å².